The Morgan fingerprint density at radius 1 is 1.12 bits per heavy atom. The van der Waals surface area contributed by atoms with Gasteiger partial charge in [-0.15, -0.1) is 11.8 Å². The molecule has 0 bridgehead atoms. The molecule has 26 heavy (non-hydrogen) atoms. The molecule has 138 valence electrons. The molecule has 1 fully saturated rings. The van der Waals surface area contributed by atoms with E-state index < -0.39 is 12.0 Å². The van der Waals surface area contributed by atoms with Crippen molar-refractivity contribution in [3.05, 3.63) is 54.1 Å². The van der Waals surface area contributed by atoms with Crippen molar-refractivity contribution < 1.29 is 24.1 Å². The standard InChI is InChI=1S/C19H21NO5S/c1-23-14-5-3-7-16(11-14)25-9-8-24-15-6-2-4-13(10-15)18-20-17(12-26-18)19(21)22/h2-7,10-11,17-18,20H,8-9,12H2,1H3,(H,21,22). The van der Waals surface area contributed by atoms with Crippen molar-refractivity contribution in [3.8, 4) is 17.2 Å². The molecule has 0 radical (unpaired) electrons. The highest BCUT2D eigenvalue weighted by molar-refractivity contribution is 7.99. The average molecular weight is 375 g/mol. The van der Waals surface area contributed by atoms with E-state index in [2.05, 4.69) is 5.32 Å². The number of methoxy groups -OCH3 is 1. The minimum atomic E-state index is -0.818. The highest BCUT2D eigenvalue weighted by Gasteiger charge is 2.30. The van der Waals surface area contributed by atoms with Crippen LogP contribution in [0, 0.1) is 0 Å². The van der Waals surface area contributed by atoms with Gasteiger partial charge < -0.3 is 19.3 Å². The van der Waals surface area contributed by atoms with Gasteiger partial charge in [-0.1, -0.05) is 18.2 Å². The third-order valence-electron chi connectivity index (χ3n) is 3.90. The number of ether oxygens (including phenoxy) is 3. The van der Waals surface area contributed by atoms with E-state index in [4.69, 9.17) is 19.3 Å². The summed E-state index contributed by atoms with van der Waals surface area (Å²) in [5, 5.41) is 12.2. The number of benzene rings is 2. The molecule has 2 aromatic rings. The molecule has 0 amide bonds. The number of carboxylic acid groups (broad SMARTS) is 1. The van der Waals surface area contributed by atoms with E-state index in [1.807, 2.05) is 48.5 Å². The van der Waals surface area contributed by atoms with Crippen molar-refractivity contribution in [3.63, 3.8) is 0 Å². The summed E-state index contributed by atoms with van der Waals surface area (Å²) in [5.41, 5.74) is 1.00. The van der Waals surface area contributed by atoms with Gasteiger partial charge in [-0.3, -0.25) is 10.1 Å². The lowest BCUT2D eigenvalue weighted by Crippen LogP contribution is -2.33. The number of nitrogens with one attached hydrogen (secondary N) is 1. The van der Waals surface area contributed by atoms with Crippen LogP contribution in [0.25, 0.3) is 0 Å². The normalized spacial score (nSPS) is 19.1. The summed E-state index contributed by atoms with van der Waals surface area (Å²) in [6.07, 6.45) is 0. The van der Waals surface area contributed by atoms with Crippen molar-refractivity contribution >= 4 is 17.7 Å². The minimum Gasteiger partial charge on any atom is -0.497 e. The van der Waals surface area contributed by atoms with E-state index in [-0.39, 0.29) is 5.37 Å². The first kappa shape index (κ1) is 18.4. The van der Waals surface area contributed by atoms with Crippen LogP contribution in [-0.2, 0) is 4.79 Å². The smallest absolute Gasteiger partial charge is 0.321 e. The minimum absolute atomic E-state index is 0.0346. The fourth-order valence-corrected chi connectivity index (χ4v) is 3.81. The molecular weight excluding hydrogens is 354 g/mol. The molecule has 2 N–H and O–H groups in total. The summed E-state index contributed by atoms with van der Waals surface area (Å²) in [4.78, 5) is 11.1. The van der Waals surface area contributed by atoms with Crippen molar-refractivity contribution in [2.75, 3.05) is 26.1 Å². The van der Waals surface area contributed by atoms with Gasteiger partial charge in [-0.05, 0) is 29.8 Å². The maximum Gasteiger partial charge on any atom is 0.321 e. The molecular formula is C19H21NO5S. The fraction of sp³-hybridized carbons (Fsp3) is 0.316. The highest BCUT2D eigenvalue weighted by atomic mass is 32.2. The molecule has 0 aliphatic carbocycles. The molecule has 6 nitrogen and oxygen atoms in total. The van der Waals surface area contributed by atoms with Gasteiger partial charge in [0.2, 0.25) is 0 Å². The molecule has 2 unspecified atom stereocenters. The van der Waals surface area contributed by atoms with E-state index in [0.717, 1.165) is 22.8 Å². The van der Waals surface area contributed by atoms with Crippen molar-refractivity contribution in [1.82, 2.24) is 5.32 Å². The third-order valence-corrected chi connectivity index (χ3v) is 5.17. The van der Waals surface area contributed by atoms with Gasteiger partial charge in [0.25, 0.3) is 0 Å². The van der Waals surface area contributed by atoms with Crippen LogP contribution in [0.15, 0.2) is 48.5 Å². The van der Waals surface area contributed by atoms with Crippen LogP contribution in [0.5, 0.6) is 17.2 Å². The number of aliphatic carboxylic acids is 1. The first-order chi connectivity index (χ1) is 12.7. The van der Waals surface area contributed by atoms with Crippen LogP contribution in [0.3, 0.4) is 0 Å². The zero-order valence-corrected chi connectivity index (χ0v) is 15.2. The van der Waals surface area contributed by atoms with Gasteiger partial charge in [0, 0.05) is 11.8 Å². The summed E-state index contributed by atoms with van der Waals surface area (Å²) < 4.78 is 16.6. The SMILES string of the molecule is COc1cccc(OCCOc2cccc(C3NC(C(=O)O)CS3)c2)c1. The molecule has 7 heteroatoms. The first-order valence-electron chi connectivity index (χ1n) is 8.26. The van der Waals surface area contributed by atoms with Gasteiger partial charge in [0.1, 0.15) is 36.5 Å². The van der Waals surface area contributed by atoms with Crippen LogP contribution in [-0.4, -0.2) is 43.2 Å². The maximum atomic E-state index is 11.1. The second kappa shape index (κ2) is 8.82. The quantitative estimate of drug-likeness (QED) is 0.687. The molecule has 1 aliphatic rings. The Bertz CT molecular complexity index is 754. The van der Waals surface area contributed by atoms with E-state index in [0.29, 0.717) is 19.0 Å². The van der Waals surface area contributed by atoms with Crippen molar-refractivity contribution in [2.24, 2.45) is 0 Å². The number of hydrogen-bond acceptors (Lipinski definition) is 6. The molecule has 1 aliphatic heterocycles. The highest BCUT2D eigenvalue weighted by Crippen LogP contribution is 2.34. The number of hydrogen-bond donors (Lipinski definition) is 2. The van der Waals surface area contributed by atoms with E-state index in [9.17, 15) is 4.79 Å². The zero-order valence-electron chi connectivity index (χ0n) is 14.4. The van der Waals surface area contributed by atoms with E-state index in [1.54, 1.807) is 18.9 Å². The summed E-state index contributed by atoms with van der Waals surface area (Å²) in [5.74, 6) is 1.95. The largest absolute Gasteiger partial charge is 0.497 e. The summed E-state index contributed by atoms with van der Waals surface area (Å²) in [7, 11) is 1.62. The lowest BCUT2D eigenvalue weighted by Gasteiger charge is -2.13. The summed E-state index contributed by atoms with van der Waals surface area (Å²) in [6.45, 7) is 0.818. The molecule has 1 heterocycles. The molecule has 2 aromatic carbocycles. The second-order valence-electron chi connectivity index (χ2n) is 5.72. The van der Waals surface area contributed by atoms with Crippen LogP contribution >= 0.6 is 11.8 Å². The Morgan fingerprint density at radius 2 is 1.77 bits per heavy atom. The van der Waals surface area contributed by atoms with Crippen molar-refractivity contribution in [2.45, 2.75) is 11.4 Å². The number of carboxylic acids is 1. The Balaban J connectivity index is 1.49. The van der Waals surface area contributed by atoms with E-state index >= 15 is 0 Å². The Kier molecular flexibility index (Phi) is 6.25. The average Bonchev–Trinajstić information content (AvgIpc) is 3.16. The third kappa shape index (κ3) is 4.83. The van der Waals surface area contributed by atoms with Gasteiger partial charge in [-0.2, -0.15) is 0 Å². The van der Waals surface area contributed by atoms with Crippen LogP contribution in [0.4, 0.5) is 0 Å². The maximum absolute atomic E-state index is 11.1. The molecule has 3 rings (SSSR count). The van der Waals surface area contributed by atoms with Gasteiger partial charge in [0.05, 0.1) is 12.5 Å². The Hall–Kier alpha value is -2.38. The molecule has 0 spiro atoms. The fourth-order valence-electron chi connectivity index (χ4n) is 2.58. The summed E-state index contributed by atoms with van der Waals surface area (Å²) in [6, 6.07) is 14.6. The Morgan fingerprint density at radius 3 is 2.42 bits per heavy atom. The van der Waals surface area contributed by atoms with Crippen molar-refractivity contribution in [1.29, 1.82) is 0 Å². The molecule has 0 saturated carbocycles. The van der Waals surface area contributed by atoms with Crippen LogP contribution < -0.4 is 19.5 Å². The lowest BCUT2D eigenvalue weighted by molar-refractivity contribution is -0.138. The first-order valence-corrected chi connectivity index (χ1v) is 9.30. The van der Waals surface area contributed by atoms with Crippen LogP contribution in [0.1, 0.15) is 10.9 Å². The molecule has 2 atom stereocenters. The number of thioether (sulfide) groups is 1. The number of rotatable bonds is 8. The number of carbonyl (C=O) groups is 1. The zero-order chi connectivity index (χ0) is 18.4. The van der Waals surface area contributed by atoms with Gasteiger partial charge in [-0.25, -0.2) is 0 Å². The van der Waals surface area contributed by atoms with Gasteiger partial charge in [0.15, 0.2) is 0 Å². The monoisotopic (exact) mass is 375 g/mol. The predicted octanol–water partition coefficient (Wildman–Crippen LogP) is 2.94. The Labute approximate surface area is 156 Å². The second-order valence-corrected chi connectivity index (χ2v) is 6.86. The lowest BCUT2D eigenvalue weighted by atomic mass is 10.2. The van der Waals surface area contributed by atoms with Gasteiger partial charge >= 0.3 is 5.97 Å². The topological polar surface area (TPSA) is 77.0 Å². The van der Waals surface area contributed by atoms with Crippen LogP contribution in [0.2, 0.25) is 0 Å². The molecule has 0 aromatic heterocycles. The van der Waals surface area contributed by atoms with E-state index in [1.165, 1.54) is 0 Å². The summed E-state index contributed by atoms with van der Waals surface area (Å²) >= 11 is 1.59. The molecule has 1 saturated heterocycles. The predicted molar refractivity (Wildman–Crippen MR) is 100 cm³/mol.